The monoisotopic (exact) mass is 224 g/mol. The first kappa shape index (κ1) is 10.0. The van der Waals surface area contributed by atoms with Gasteiger partial charge in [0.2, 0.25) is 5.11 Å². The van der Waals surface area contributed by atoms with Crippen molar-refractivity contribution in [1.82, 2.24) is 0 Å². The van der Waals surface area contributed by atoms with Gasteiger partial charge in [0.25, 0.3) is 0 Å². The van der Waals surface area contributed by atoms with Crippen LogP contribution in [0.3, 0.4) is 0 Å². The SMILES string of the molecule is Fc1cc(F)cc(CC2=NC(=S)N=C2)c1. The van der Waals surface area contributed by atoms with Crippen LogP contribution in [0.2, 0.25) is 0 Å². The van der Waals surface area contributed by atoms with E-state index in [0.717, 1.165) is 6.07 Å². The predicted molar refractivity (Wildman–Crippen MR) is 58.6 cm³/mol. The molecule has 0 radical (unpaired) electrons. The van der Waals surface area contributed by atoms with Crippen molar-refractivity contribution < 1.29 is 8.78 Å². The van der Waals surface area contributed by atoms with Crippen molar-refractivity contribution >= 4 is 29.3 Å². The second-order valence-electron chi connectivity index (χ2n) is 3.10. The molecular weight excluding hydrogens is 218 g/mol. The van der Waals surface area contributed by atoms with Gasteiger partial charge in [-0.05, 0) is 29.9 Å². The van der Waals surface area contributed by atoms with E-state index in [-0.39, 0.29) is 5.11 Å². The molecule has 0 atom stereocenters. The number of aliphatic imine (C=N–C) groups is 2. The van der Waals surface area contributed by atoms with E-state index in [2.05, 4.69) is 9.98 Å². The zero-order chi connectivity index (χ0) is 10.8. The van der Waals surface area contributed by atoms with E-state index in [1.807, 2.05) is 0 Å². The molecule has 0 N–H and O–H groups in total. The highest BCUT2D eigenvalue weighted by atomic mass is 32.1. The van der Waals surface area contributed by atoms with Gasteiger partial charge in [-0.3, -0.25) is 0 Å². The molecule has 0 unspecified atom stereocenters. The van der Waals surface area contributed by atoms with Crippen LogP contribution in [0.1, 0.15) is 5.56 Å². The van der Waals surface area contributed by atoms with Crippen LogP contribution in [-0.4, -0.2) is 17.0 Å². The lowest BCUT2D eigenvalue weighted by Crippen LogP contribution is -2.02. The molecule has 1 aromatic carbocycles. The molecule has 1 aliphatic heterocycles. The minimum absolute atomic E-state index is 0.252. The first-order chi connectivity index (χ1) is 7.13. The summed E-state index contributed by atoms with van der Waals surface area (Å²) < 4.78 is 25.7. The maximum absolute atomic E-state index is 12.8. The summed E-state index contributed by atoms with van der Waals surface area (Å²) in [5.41, 5.74) is 1.13. The summed E-state index contributed by atoms with van der Waals surface area (Å²) in [4.78, 5) is 7.70. The third kappa shape index (κ3) is 2.50. The Balaban J connectivity index is 2.21. The highest BCUT2D eigenvalue weighted by molar-refractivity contribution is 7.80. The highest BCUT2D eigenvalue weighted by Crippen LogP contribution is 2.10. The van der Waals surface area contributed by atoms with Gasteiger partial charge in [-0.2, -0.15) is 0 Å². The third-order valence-electron chi connectivity index (χ3n) is 1.87. The van der Waals surface area contributed by atoms with E-state index in [0.29, 0.717) is 17.7 Å². The molecule has 0 saturated heterocycles. The number of rotatable bonds is 2. The van der Waals surface area contributed by atoms with Crippen LogP contribution in [0, 0.1) is 11.6 Å². The van der Waals surface area contributed by atoms with Crippen molar-refractivity contribution in [2.45, 2.75) is 6.42 Å². The summed E-state index contributed by atoms with van der Waals surface area (Å²) in [6.45, 7) is 0. The normalized spacial score (nSPS) is 14.5. The first-order valence-electron chi connectivity index (χ1n) is 4.24. The Morgan fingerprint density at radius 1 is 1.13 bits per heavy atom. The zero-order valence-electron chi connectivity index (χ0n) is 7.58. The highest BCUT2D eigenvalue weighted by Gasteiger charge is 2.08. The number of thiocarbonyl (C=S) groups is 1. The van der Waals surface area contributed by atoms with E-state index in [4.69, 9.17) is 12.2 Å². The molecule has 0 saturated carbocycles. The molecule has 5 heteroatoms. The molecule has 0 amide bonds. The van der Waals surface area contributed by atoms with Gasteiger partial charge in [0.15, 0.2) is 0 Å². The van der Waals surface area contributed by atoms with E-state index in [1.165, 1.54) is 18.3 Å². The van der Waals surface area contributed by atoms with Gasteiger partial charge >= 0.3 is 0 Å². The fourth-order valence-corrected chi connectivity index (χ4v) is 1.49. The van der Waals surface area contributed by atoms with Crippen LogP contribution in [0.25, 0.3) is 0 Å². The molecular formula is C10H6F2N2S. The summed E-state index contributed by atoms with van der Waals surface area (Å²) in [6, 6.07) is 3.36. The maximum atomic E-state index is 12.8. The number of benzene rings is 1. The van der Waals surface area contributed by atoms with E-state index < -0.39 is 11.6 Å². The van der Waals surface area contributed by atoms with Crippen LogP contribution in [0.15, 0.2) is 28.2 Å². The van der Waals surface area contributed by atoms with Crippen LogP contribution in [-0.2, 0) is 6.42 Å². The van der Waals surface area contributed by atoms with Crippen molar-refractivity contribution in [2.75, 3.05) is 0 Å². The molecule has 0 spiro atoms. The van der Waals surface area contributed by atoms with Gasteiger partial charge in [-0.25, -0.2) is 18.8 Å². The van der Waals surface area contributed by atoms with Gasteiger partial charge in [-0.15, -0.1) is 0 Å². The average molecular weight is 224 g/mol. The van der Waals surface area contributed by atoms with Gasteiger partial charge < -0.3 is 0 Å². The van der Waals surface area contributed by atoms with Crippen molar-refractivity contribution in [3.05, 3.63) is 35.4 Å². The topological polar surface area (TPSA) is 24.7 Å². The molecule has 76 valence electrons. The van der Waals surface area contributed by atoms with Crippen molar-refractivity contribution in [2.24, 2.45) is 9.98 Å². The molecule has 0 aromatic heterocycles. The summed E-state index contributed by atoms with van der Waals surface area (Å²) in [6.07, 6.45) is 1.84. The fourth-order valence-electron chi connectivity index (χ4n) is 1.32. The van der Waals surface area contributed by atoms with E-state index in [9.17, 15) is 8.78 Å². The second kappa shape index (κ2) is 3.94. The van der Waals surface area contributed by atoms with Crippen molar-refractivity contribution in [3.8, 4) is 0 Å². The first-order valence-corrected chi connectivity index (χ1v) is 4.65. The summed E-state index contributed by atoms with van der Waals surface area (Å²) in [5.74, 6) is -1.19. The van der Waals surface area contributed by atoms with Crippen molar-refractivity contribution in [1.29, 1.82) is 0 Å². The van der Waals surface area contributed by atoms with E-state index >= 15 is 0 Å². The molecule has 0 bridgehead atoms. The Morgan fingerprint density at radius 2 is 1.80 bits per heavy atom. The lowest BCUT2D eigenvalue weighted by Gasteiger charge is -1.99. The van der Waals surface area contributed by atoms with Crippen LogP contribution >= 0.6 is 12.2 Å². The molecule has 2 rings (SSSR count). The van der Waals surface area contributed by atoms with Gasteiger partial charge in [-0.1, -0.05) is 0 Å². The number of hydrogen-bond donors (Lipinski definition) is 0. The molecule has 2 nitrogen and oxygen atoms in total. The lowest BCUT2D eigenvalue weighted by molar-refractivity contribution is 0.581. The number of hydrogen-bond acceptors (Lipinski definition) is 1. The van der Waals surface area contributed by atoms with Gasteiger partial charge in [0, 0.05) is 12.5 Å². The number of halogens is 2. The average Bonchev–Trinajstić information content (AvgIpc) is 2.49. The predicted octanol–water partition coefficient (Wildman–Crippen LogP) is 2.32. The Bertz CT molecular complexity index is 460. The summed E-state index contributed by atoms with van der Waals surface area (Å²) >= 11 is 4.73. The second-order valence-corrected chi connectivity index (χ2v) is 3.46. The third-order valence-corrected chi connectivity index (χ3v) is 2.07. The Morgan fingerprint density at radius 3 is 2.33 bits per heavy atom. The quantitative estimate of drug-likeness (QED) is 0.707. The summed E-state index contributed by atoms with van der Waals surface area (Å²) in [5, 5.41) is 0.252. The van der Waals surface area contributed by atoms with Crippen LogP contribution < -0.4 is 0 Å². The van der Waals surface area contributed by atoms with E-state index in [1.54, 1.807) is 0 Å². The Hall–Kier alpha value is -1.49. The van der Waals surface area contributed by atoms with Gasteiger partial charge in [0.05, 0.1) is 11.9 Å². The Kier molecular flexibility index (Phi) is 2.64. The van der Waals surface area contributed by atoms with Crippen LogP contribution in [0.4, 0.5) is 8.78 Å². The number of nitrogens with zero attached hydrogens (tertiary/aromatic N) is 2. The molecule has 0 aliphatic carbocycles. The zero-order valence-corrected chi connectivity index (χ0v) is 8.39. The maximum Gasteiger partial charge on any atom is 0.219 e. The van der Waals surface area contributed by atoms with Crippen LogP contribution in [0.5, 0.6) is 0 Å². The summed E-state index contributed by atoms with van der Waals surface area (Å²) in [7, 11) is 0. The fraction of sp³-hybridized carbons (Fsp3) is 0.100. The minimum atomic E-state index is -0.594. The molecule has 0 fully saturated rings. The molecule has 15 heavy (non-hydrogen) atoms. The van der Waals surface area contributed by atoms with Crippen molar-refractivity contribution in [3.63, 3.8) is 0 Å². The largest absolute Gasteiger partial charge is 0.225 e. The minimum Gasteiger partial charge on any atom is -0.225 e. The standard InChI is InChI=1S/C10H6F2N2S/c11-7-1-6(2-8(12)4-7)3-9-5-13-10(15)14-9/h1-2,4-5H,3H2. The van der Waals surface area contributed by atoms with Gasteiger partial charge in [0.1, 0.15) is 11.6 Å². The molecule has 1 aromatic rings. The smallest absolute Gasteiger partial charge is 0.219 e. The molecule has 1 aliphatic rings. The molecule has 1 heterocycles. The Labute approximate surface area is 90.4 Å². The lowest BCUT2D eigenvalue weighted by atomic mass is 10.1.